The second-order valence-electron chi connectivity index (χ2n) is 6.53. The van der Waals surface area contributed by atoms with Crippen molar-refractivity contribution in [2.24, 2.45) is 10.3 Å². The zero-order valence-corrected chi connectivity index (χ0v) is 15.2. The molecule has 0 saturated heterocycles. The standard InChI is InChI=1S/C20H14N4O3S/c21-28(26,27)11-8-9-16-17(10-11)23-20(22-16)15-7-3-6-14-18(15)12-4-1-2-5-13(12)19(14)24-25/h1-10,25H,(H,22,23)(H2,21,26,27)/b24-19-. The summed E-state index contributed by atoms with van der Waals surface area (Å²) in [6, 6.07) is 17.9. The summed E-state index contributed by atoms with van der Waals surface area (Å²) in [6.07, 6.45) is 0. The maximum Gasteiger partial charge on any atom is 0.238 e. The molecule has 5 rings (SSSR count). The molecule has 1 aliphatic carbocycles. The molecule has 0 unspecified atom stereocenters. The van der Waals surface area contributed by atoms with Crippen molar-refractivity contribution in [3.63, 3.8) is 0 Å². The van der Waals surface area contributed by atoms with E-state index in [0.717, 1.165) is 27.8 Å². The molecule has 0 fully saturated rings. The zero-order valence-electron chi connectivity index (χ0n) is 14.4. The fourth-order valence-electron chi connectivity index (χ4n) is 3.69. The van der Waals surface area contributed by atoms with Gasteiger partial charge < -0.3 is 10.2 Å². The van der Waals surface area contributed by atoms with Gasteiger partial charge in [-0.3, -0.25) is 0 Å². The number of oxime groups is 1. The highest BCUT2D eigenvalue weighted by atomic mass is 32.2. The molecule has 0 bridgehead atoms. The summed E-state index contributed by atoms with van der Waals surface area (Å²) in [5, 5.41) is 18.3. The molecular weight excluding hydrogens is 376 g/mol. The number of nitrogens with one attached hydrogen (secondary N) is 1. The van der Waals surface area contributed by atoms with Crippen LogP contribution in [0.3, 0.4) is 0 Å². The van der Waals surface area contributed by atoms with Gasteiger partial charge in [0.15, 0.2) is 0 Å². The molecule has 7 nitrogen and oxygen atoms in total. The SMILES string of the molecule is NS(=O)(=O)c1ccc2[nH]c(-c3cccc4c3-c3ccccc3/C4=N/O)nc2c1. The Balaban J connectivity index is 1.76. The molecule has 8 heteroatoms. The number of sulfonamides is 1. The predicted molar refractivity (Wildman–Crippen MR) is 106 cm³/mol. The number of fused-ring (bicyclic) bond motifs is 4. The van der Waals surface area contributed by atoms with Crippen LogP contribution < -0.4 is 5.14 Å². The van der Waals surface area contributed by atoms with E-state index in [1.807, 2.05) is 42.5 Å². The Morgan fingerprint density at radius 3 is 2.39 bits per heavy atom. The summed E-state index contributed by atoms with van der Waals surface area (Å²) in [5.74, 6) is 0.590. The Morgan fingerprint density at radius 2 is 1.64 bits per heavy atom. The monoisotopic (exact) mass is 390 g/mol. The third-order valence-corrected chi connectivity index (χ3v) is 5.82. The van der Waals surface area contributed by atoms with Crippen LogP contribution in [-0.4, -0.2) is 29.3 Å². The van der Waals surface area contributed by atoms with Gasteiger partial charge in [-0.05, 0) is 23.8 Å². The summed E-state index contributed by atoms with van der Waals surface area (Å²) < 4.78 is 23.2. The number of aromatic amines is 1. The number of hydrogen-bond donors (Lipinski definition) is 3. The maximum absolute atomic E-state index is 11.6. The number of nitrogens with two attached hydrogens (primary N) is 1. The Bertz CT molecular complexity index is 1400. The number of nitrogens with zero attached hydrogens (tertiary/aromatic N) is 2. The normalized spacial score (nSPS) is 14.4. The first-order valence-corrected chi connectivity index (χ1v) is 10.00. The number of hydrogen-bond acceptors (Lipinski definition) is 5. The Hall–Kier alpha value is -3.49. The number of aromatic nitrogens is 2. The first-order valence-electron chi connectivity index (χ1n) is 8.45. The van der Waals surface area contributed by atoms with Crippen molar-refractivity contribution in [1.29, 1.82) is 0 Å². The van der Waals surface area contributed by atoms with Gasteiger partial charge in [-0.1, -0.05) is 47.6 Å². The Kier molecular flexibility index (Phi) is 3.42. The molecule has 1 aromatic heterocycles. The fourth-order valence-corrected chi connectivity index (χ4v) is 4.22. The number of imidazole rings is 1. The summed E-state index contributed by atoms with van der Waals surface area (Å²) in [7, 11) is -3.81. The second kappa shape index (κ2) is 5.75. The third kappa shape index (κ3) is 2.35. The first-order chi connectivity index (χ1) is 13.5. The predicted octanol–water partition coefficient (Wildman–Crippen LogP) is 3.08. The molecule has 28 heavy (non-hydrogen) atoms. The van der Waals surface area contributed by atoms with E-state index in [1.165, 1.54) is 12.1 Å². The average Bonchev–Trinajstić information content (AvgIpc) is 3.25. The van der Waals surface area contributed by atoms with Crippen LogP contribution in [0.15, 0.2) is 70.7 Å². The summed E-state index contributed by atoms with van der Waals surface area (Å²) in [5.41, 5.74) is 6.07. The van der Waals surface area contributed by atoms with E-state index < -0.39 is 10.0 Å². The van der Waals surface area contributed by atoms with E-state index in [4.69, 9.17) is 5.14 Å². The van der Waals surface area contributed by atoms with Crippen LogP contribution >= 0.6 is 0 Å². The number of H-pyrrole nitrogens is 1. The van der Waals surface area contributed by atoms with Crippen LogP contribution in [0.4, 0.5) is 0 Å². The Morgan fingerprint density at radius 1 is 0.929 bits per heavy atom. The quantitative estimate of drug-likeness (QED) is 0.317. The van der Waals surface area contributed by atoms with Crippen LogP contribution in [0.25, 0.3) is 33.5 Å². The van der Waals surface area contributed by atoms with Crippen LogP contribution in [0.5, 0.6) is 0 Å². The van der Waals surface area contributed by atoms with E-state index in [-0.39, 0.29) is 4.90 Å². The molecule has 0 saturated carbocycles. The highest BCUT2D eigenvalue weighted by Crippen LogP contribution is 2.42. The van der Waals surface area contributed by atoms with Gasteiger partial charge in [0.25, 0.3) is 0 Å². The molecular formula is C20H14N4O3S. The molecule has 1 heterocycles. The minimum Gasteiger partial charge on any atom is -0.410 e. The molecule has 4 N–H and O–H groups in total. The fraction of sp³-hybridized carbons (Fsp3) is 0. The van der Waals surface area contributed by atoms with Crippen molar-refractivity contribution in [3.05, 3.63) is 71.8 Å². The van der Waals surface area contributed by atoms with E-state index in [2.05, 4.69) is 15.1 Å². The van der Waals surface area contributed by atoms with Crippen LogP contribution in [0.1, 0.15) is 11.1 Å². The van der Waals surface area contributed by atoms with Crippen molar-refractivity contribution in [2.45, 2.75) is 4.90 Å². The van der Waals surface area contributed by atoms with Gasteiger partial charge in [0.05, 0.1) is 15.9 Å². The lowest BCUT2D eigenvalue weighted by Crippen LogP contribution is -2.11. The molecule has 138 valence electrons. The van der Waals surface area contributed by atoms with E-state index in [0.29, 0.717) is 22.6 Å². The summed E-state index contributed by atoms with van der Waals surface area (Å²) in [4.78, 5) is 7.83. The number of benzene rings is 3. The van der Waals surface area contributed by atoms with Crippen molar-refractivity contribution in [1.82, 2.24) is 9.97 Å². The van der Waals surface area contributed by atoms with E-state index in [1.54, 1.807) is 6.07 Å². The average molecular weight is 390 g/mol. The van der Waals surface area contributed by atoms with Gasteiger partial charge in [0.1, 0.15) is 11.5 Å². The molecule has 0 amide bonds. The number of primary sulfonamides is 1. The summed E-state index contributed by atoms with van der Waals surface area (Å²) in [6.45, 7) is 0. The van der Waals surface area contributed by atoms with Crippen LogP contribution in [0.2, 0.25) is 0 Å². The molecule has 1 aliphatic rings. The van der Waals surface area contributed by atoms with Gasteiger partial charge in [-0.2, -0.15) is 0 Å². The summed E-state index contributed by atoms with van der Waals surface area (Å²) >= 11 is 0. The molecule has 3 aromatic carbocycles. The van der Waals surface area contributed by atoms with Crippen LogP contribution in [-0.2, 0) is 10.0 Å². The molecule has 0 atom stereocenters. The van der Waals surface area contributed by atoms with Gasteiger partial charge in [0.2, 0.25) is 10.0 Å². The largest absolute Gasteiger partial charge is 0.410 e. The van der Waals surface area contributed by atoms with E-state index in [9.17, 15) is 13.6 Å². The number of rotatable bonds is 2. The van der Waals surface area contributed by atoms with Crippen molar-refractivity contribution in [2.75, 3.05) is 0 Å². The highest BCUT2D eigenvalue weighted by molar-refractivity contribution is 7.89. The topological polar surface area (TPSA) is 121 Å². The van der Waals surface area contributed by atoms with Crippen LogP contribution in [0, 0.1) is 0 Å². The molecule has 0 aliphatic heterocycles. The van der Waals surface area contributed by atoms with Crippen molar-refractivity contribution < 1.29 is 13.6 Å². The van der Waals surface area contributed by atoms with Gasteiger partial charge >= 0.3 is 0 Å². The van der Waals surface area contributed by atoms with Gasteiger partial charge in [-0.25, -0.2) is 18.5 Å². The van der Waals surface area contributed by atoms with E-state index >= 15 is 0 Å². The second-order valence-corrected chi connectivity index (χ2v) is 8.09. The lowest BCUT2D eigenvalue weighted by atomic mass is 9.99. The lowest BCUT2D eigenvalue weighted by Gasteiger charge is -2.06. The first kappa shape index (κ1) is 16.7. The minimum absolute atomic E-state index is 0.0105. The molecule has 4 aromatic rings. The highest BCUT2D eigenvalue weighted by Gasteiger charge is 2.28. The smallest absolute Gasteiger partial charge is 0.238 e. The van der Waals surface area contributed by atoms with Gasteiger partial charge in [-0.15, -0.1) is 0 Å². The molecule has 0 radical (unpaired) electrons. The zero-order chi connectivity index (χ0) is 19.5. The lowest BCUT2D eigenvalue weighted by molar-refractivity contribution is 0.320. The molecule has 0 spiro atoms. The minimum atomic E-state index is -3.81. The third-order valence-electron chi connectivity index (χ3n) is 4.91. The van der Waals surface area contributed by atoms with Crippen molar-refractivity contribution in [3.8, 4) is 22.5 Å². The Labute approximate surface area is 160 Å². The van der Waals surface area contributed by atoms with Gasteiger partial charge in [0, 0.05) is 22.3 Å². The maximum atomic E-state index is 11.6. The van der Waals surface area contributed by atoms with Crippen molar-refractivity contribution >= 4 is 26.8 Å².